The molecular formula is C80H83N14O17S2Sn. The summed E-state index contributed by atoms with van der Waals surface area (Å²) in [5.41, 5.74) is 6.71. The van der Waals surface area contributed by atoms with Crippen molar-refractivity contribution in [3.05, 3.63) is 177 Å². The molecule has 0 unspecified atom stereocenters. The van der Waals surface area contributed by atoms with Crippen molar-refractivity contribution in [2.24, 2.45) is 24.1 Å². The Morgan fingerprint density at radius 1 is 0.526 bits per heavy atom. The molecule has 0 spiro atoms. The number of benzene rings is 6. The van der Waals surface area contributed by atoms with Crippen LogP contribution in [0, 0.1) is 0 Å². The number of ether oxygens (including phenoxy) is 5. The predicted octanol–water partition coefficient (Wildman–Crippen LogP) is 11.0. The molecule has 10 aromatic rings. The molecule has 0 aliphatic carbocycles. The third-order valence-electron chi connectivity index (χ3n) is 18.0. The van der Waals surface area contributed by atoms with Crippen LogP contribution in [0.5, 0.6) is 23.0 Å². The molecule has 34 heteroatoms. The normalized spacial score (nSPS) is 13.8. The number of nitrogens with zero attached hydrogens (tertiary/aromatic N) is 8. The monoisotopic (exact) mass is 1700 g/mol. The van der Waals surface area contributed by atoms with E-state index >= 15 is 0 Å². The van der Waals surface area contributed by atoms with Gasteiger partial charge in [0.05, 0.1) is 91.7 Å². The van der Waals surface area contributed by atoms with Crippen molar-refractivity contribution in [2.75, 3.05) is 78.7 Å². The van der Waals surface area contributed by atoms with Gasteiger partial charge in [-0.05, 0) is 108 Å². The molecule has 4 aromatic heterocycles. The summed E-state index contributed by atoms with van der Waals surface area (Å²) in [7, 11) is 7.57. The van der Waals surface area contributed by atoms with Crippen LogP contribution in [0.2, 0.25) is 14.8 Å². The Morgan fingerprint density at radius 3 is 1.36 bits per heavy atom. The summed E-state index contributed by atoms with van der Waals surface area (Å²) in [4.78, 5) is 155. The zero-order chi connectivity index (χ0) is 80.1. The Balaban J connectivity index is 0.000000213. The summed E-state index contributed by atoms with van der Waals surface area (Å²) in [5.74, 6) is -1.89. The number of carboxylic acids is 1. The molecule has 31 nitrogen and oxygen atoms in total. The number of hydrogen-bond donors (Lipinski definition) is 7. The van der Waals surface area contributed by atoms with Crippen molar-refractivity contribution < 1.29 is 82.2 Å². The van der Waals surface area contributed by atoms with Gasteiger partial charge in [-0.15, -0.1) is 22.7 Å². The molecule has 114 heavy (non-hydrogen) atoms. The van der Waals surface area contributed by atoms with Crippen LogP contribution in [0.15, 0.2) is 144 Å². The zero-order valence-electron chi connectivity index (χ0n) is 63.5. The van der Waals surface area contributed by atoms with Gasteiger partial charge < -0.3 is 75.3 Å². The maximum atomic E-state index is 13.7. The number of hydrogen-bond acceptors (Lipinski definition) is 21. The van der Waals surface area contributed by atoms with E-state index in [0.717, 1.165) is 42.7 Å². The predicted molar refractivity (Wildman–Crippen MR) is 437 cm³/mol. The Bertz CT molecular complexity index is 5430. The summed E-state index contributed by atoms with van der Waals surface area (Å²) in [6, 6.07) is 35.8. The Hall–Kier alpha value is -12.3. The fraction of sp³-hybridized carbons (Fsp3) is 0.275. The van der Waals surface area contributed by atoms with Crippen molar-refractivity contribution in [3.8, 4) is 23.0 Å². The summed E-state index contributed by atoms with van der Waals surface area (Å²) in [6.07, 6.45) is 8.88. The van der Waals surface area contributed by atoms with E-state index in [9.17, 15) is 47.9 Å². The minimum atomic E-state index is -1.00. The molecule has 2 atom stereocenters. The van der Waals surface area contributed by atoms with Gasteiger partial charge in [0.15, 0.2) is 34.6 Å². The Labute approximate surface area is 669 Å². The van der Waals surface area contributed by atoms with Crippen LogP contribution in [0.25, 0.3) is 20.2 Å². The summed E-state index contributed by atoms with van der Waals surface area (Å²) in [6.45, 7) is 0.551. The van der Waals surface area contributed by atoms with Crippen molar-refractivity contribution >= 4 is 180 Å². The second kappa shape index (κ2) is 37.3. The molecule has 0 saturated carbocycles. The van der Waals surface area contributed by atoms with Gasteiger partial charge in [-0.2, -0.15) is 0 Å². The molecule has 6 aromatic carbocycles. The fourth-order valence-corrected chi connectivity index (χ4v) is 14.7. The number of amides is 8. The van der Waals surface area contributed by atoms with Crippen LogP contribution < -0.4 is 60.6 Å². The molecule has 9 N–H and O–H groups in total. The number of aryl methyl sites for hydroxylation is 2. The SMILES string of the molecule is COC(=O)CCNC(=O)c1cc2cc(NC(=O)c3nc(NC(=O)CCCOc4cc5c(cc4OC)C(=O)N4c6ccccc6C[C@H]4C=N5)cn3C)ccc2s1.COc1cc2c(cc1OCCCC(=O)Nc1cn(C)c(C(=O)Nc3ccc4sc(C(=O)NCCC(=O)O)cc4c3)n1)N=C[C@@H]1Cc3ccccc3N1C2=O.O.[CH3][Sn]([CH3])[CH3]. The number of fused-ring (bicyclic) bond motifs is 10. The molecular weight excluding hydrogens is 1610 g/mol. The molecule has 1 radical (unpaired) electrons. The number of nitrogens with one attached hydrogen (secondary N) is 6. The van der Waals surface area contributed by atoms with Crippen LogP contribution in [0.3, 0.4) is 0 Å². The molecule has 8 heterocycles. The van der Waals surface area contributed by atoms with Crippen molar-refractivity contribution in [3.63, 3.8) is 0 Å². The average Bonchev–Trinajstić information content (AvgIpc) is 1.60. The van der Waals surface area contributed by atoms with Gasteiger partial charge in [0.2, 0.25) is 23.5 Å². The average molecular weight is 1700 g/mol. The first-order chi connectivity index (χ1) is 54.4. The van der Waals surface area contributed by atoms with E-state index in [2.05, 4.69) is 71.4 Å². The van der Waals surface area contributed by atoms with Crippen LogP contribution in [0.1, 0.15) is 111 Å². The number of carbonyl (C=O) groups is 10. The summed E-state index contributed by atoms with van der Waals surface area (Å²) < 4.78 is 32.3. The van der Waals surface area contributed by atoms with Gasteiger partial charge in [-0.3, -0.25) is 67.7 Å². The van der Waals surface area contributed by atoms with E-state index in [1.165, 1.54) is 59.3 Å². The number of methoxy groups -OCH3 is 3. The van der Waals surface area contributed by atoms with Crippen molar-refractivity contribution in [1.29, 1.82) is 0 Å². The van der Waals surface area contributed by atoms with Gasteiger partial charge in [0.1, 0.15) is 0 Å². The number of esters is 1. The number of rotatable bonds is 26. The van der Waals surface area contributed by atoms with Gasteiger partial charge in [-0.1, -0.05) is 36.4 Å². The first-order valence-electron chi connectivity index (χ1n) is 36.0. The quantitative estimate of drug-likeness (QED) is 0.0150. The number of carbonyl (C=O) groups excluding carboxylic acids is 9. The van der Waals surface area contributed by atoms with Crippen molar-refractivity contribution in [1.82, 2.24) is 29.7 Å². The van der Waals surface area contributed by atoms with Gasteiger partial charge in [0.25, 0.3) is 35.4 Å². The van der Waals surface area contributed by atoms with Crippen molar-refractivity contribution in [2.45, 2.75) is 78.3 Å². The van der Waals surface area contributed by atoms with Gasteiger partial charge >= 0.3 is 46.5 Å². The number of carboxylic acid groups (broad SMARTS) is 1. The molecule has 8 amide bonds. The van der Waals surface area contributed by atoms with Crippen LogP contribution >= 0.6 is 22.7 Å². The zero-order valence-corrected chi connectivity index (χ0v) is 67.9. The van der Waals surface area contributed by atoms with E-state index in [0.29, 0.717) is 92.3 Å². The van der Waals surface area contributed by atoms with E-state index in [1.807, 2.05) is 48.5 Å². The van der Waals surface area contributed by atoms with E-state index in [1.54, 1.807) is 115 Å². The van der Waals surface area contributed by atoms with E-state index in [-0.39, 0.29) is 128 Å². The number of aromatic nitrogens is 4. The third kappa shape index (κ3) is 19.7. The third-order valence-corrected chi connectivity index (χ3v) is 20.3. The fourth-order valence-electron chi connectivity index (χ4n) is 12.8. The van der Waals surface area contributed by atoms with E-state index < -0.39 is 43.5 Å². The molecule has 4 aliphatic heterocycles. The molecule has 14 rings (SSSR count). The minimum absolute atomic E-state index is 0. The molecule has 0 saturated heterocycles. The first-order valence-corrected chi connectivity index (χ1v) is 46.2. The number of anilines is 6. The summed E-state index contributed by atoms with van der Waals surface area (Å²) >= 11 is 2.00. The van der Waals surface area contributed by atoms with Crippen LogP contribution in [-0.4, -0.2) is 181 Å². The second-order valence-corrected chi connectivity index (χ2v) is 37.7. The standard InChI is InChI=1S/C39H37N7O8S.C38H35N7O8S.3CH3.H2O.Sn/c1-45-21-33(44-36(45)38(50)42-24-10-11-31-23(15-24)17-32(55-31)37(49)40-13-12-35(48)53-3)43-34(47)9-6-14-54-30-19-27-26(18-29(30)52-2)39(51)46-25(20-41-27)16-22-7-4-5-8-28(22)46;1-44-20-32(43-35(44)37(50)41-23-9-10-30-22(14-23)16-31(54-30)36(49)39-12-11-34(47)48)42-33(46)8-5-13-53-29-18-26-25(17-28(29)52-2)38(51)45-24(19-40-26)15-21-6-3-4-7-27(21)45;;;;;/h4-5,7-8,10-11,15,17-21,25H,6,9,12-14,16H2,1-3H3,(H,40,49)(H,42,50)(H,43,47);3-4,6-7,9-10,14,16-20,24H,5,8,11-13,15H2,1-2H3,(H,39,49)(H,41,50)(H,42,46)(H,47,48);3*1H3;1H2;/t25-;24-;;;;;/m00...../s1. The number of thiophene rings is 2. The number of aliphatic carboxylic acids is 1. The molecule has 591 valence electrons. The molecule has 0 bridgehead atoms. The van der Waals surface area contributed by atoms with Crippen LogP contribution in [-0.2, 0) is 50.9 Å². The number of aliphatic imine (C=N–C) groups is 2. The number of para-hydroxylation sites is 2. The summed E-state index contributed by atoms with van der Waals surface area (Å²) in [5, 5.41) is 26.6. The van der Waals surface area contributed by atoms with Crippen LogP contribution in [0.4, 0.5) is 45.8 Å². The number of imidazole rings is 2. The van der Waals surface area contributed by atoms with E-state index in [4.69, 9.17) is 24.1 Å². The first kappa shape index (κ1) is 82.6. The Kier molecular flexibility index (Phi) is 27.0. The second-order valence-electron chi connectivity index (χ2n) is 27.0. The molecule has 0 fully saturated rings. The Morgan fingerprint density at radius 2 is 0.947 bits per heavy atom. The van der Waals surface area contributed by atoms with Gasteiger partial charge in [-0.25, -0.2) is 9.97 Å². The topological polar surface area (TPSA) is 408 Å². The van der Waals surface area contributed by atoms with Gasteiger partial charge in [0, 0.05) is 122 Å². The molecule has 4 aliphatic rings. The maximum absolute atomic E-state index is 13.7.